The summed E-state index contributed by atoms with van der Waals surface area (Å²) >= 11 is 22.7. The predicted octanol–water partition coefficient (Wildman–Crippen LogP) is 9.81. The number of anilines is 1. The molecule has 420 valence electrons. The normalized spacial score (nSPS) is 14.1. The molecule has 1 aliphatic rings. The monoisotopic (exact) mass is 1180 g/mol. The van der Waals surface area contributed by atoms with Gasteiger partial charge in [0.25, 0.3) is 11.6 Å². The molecule has 1 fully saturated rings. The number of ether oxygens (including phenoxy) is 5. The first-order chi connectivity index (χ1) is 35.4. The molecule has 29 heteroatoms. The summed E-state index contributed by atoms with van der Waals surface area (Å²) < 4.78 is 79.7. The highest BCUT2D eigenvalue weighted by Gasteiger charge is 2.45. The molecule has 4 aromatic rings. The Kier molecular flexibility index (Phi) is 27.2. The van der Waals surface area contributed by atoms with Crippen LogP contribution in [-0.4, -0.2) is 116 Å². The minimum Gasteiger partial charge on any atom is -0.480 e. The van der Waals surface area contributed by atoms with E-state index < -0.39 is 82.9 Å². The van der Waals surface area contributed by atoms with Crippen LogP contribution < -0.4 is 15.0 Å². The molecule has 1 saturated heterocycles. The third-order valence-corrected chi connectivity index (χ3v) is 11.5. The van der Waals surface area contributed by atoms with Gasteiger partial charge >= 0.3 is 31.7 Å². The number of aliphatic carboxylic acids is 1. The fraction of sp³-hybridized carbons (Fsp3) is 0.426. The Morgan fingerprint density at radius 3 is 2.21 bits per heavy atom. The molecule has 0 spiro atoms. The quantitative estimate of drug-likeness (QED) is 0.0170. The lowest BCUT2D eigenvalue weighted by Gasteiger charge is -2.29. The van der Waals surface area contributed by atoms with Crippen LogP contribution in [0.5, 0.6) is 11.5 Å². The third-order valence-electron chi connectivity index (χ3n) is 9.92. The number of carboxylic acid groups (broad SMARTS) is 1. The van der Waals surface area contributed by atoms with Gasteiger partial charge in [-0.3, -0.25) is 39.3 Å². The van der Waals surface area contributed by atoms with E-state index in [1.165, 1.54) is 11.8 Å². The van der Waals surface area contributed by atoms with E-state index >= 15 is 0 Å². The van der Waals surface area contributed by atoms with Gasteiger partial charge in [-0.1, -0.05) is 59.9 Å². The number of benzene rings is 3. The van der Waals surface area contributed by atoms with Crippen LogP contribution in [0.3, 0.4) is 0 Å². The van der Waals surface area contributed by atoms with Crippen molar-refractivity contribution < 1.29 is 89.6 Å². The molecule has 5 rings (SSSR count). The highest BCUT2D eigenvalue weighted by Crippen LogP contribution is 2.39. The summed E-state index contributed by atoms with van der Waals surface area (Å²) in [7, 11) is -4.10. The number of halogens is 7. The van der Waals surface area contributed by atoms with E-state index in [4.69, 9.17) is 89.4 Å². The van der Waals surface area contributed by atoms with Gasteiger partial charge in [0, 0.05) is 18.7 Å². The summed E-state index contributed by atoms with van der Waals surface area (Å²) in [6.45, 7) is 13.1. The van der Waals surface area contributed by atoms with E-state index in [1.807, 2.05) is 38.1 Å². The van der Waals surface area contributed by atoms with Gasteiger partial charge in [0.15, 0.2) is 10.9 Å². The average Bonchev–Trinajstić information content (AvgIpc) is 3.99. The third kappa shape index (κ3) is 21.5. The van der Waals surface area contributed by atoms with E-state index in [-0.39, 0.29) is 53.7 Å². The van der Waals surface area contributed by atoms with Crippen molar-refractivity contribution in [2.24, 2.45) is 0 Å². The van der Waals surface area contributed by atoms with Crippen molar-refractivity contribution in [3.63, 3.8) is 0 Å². The number of amides is 2. The zero-order valence-electron chi connectivity index (χ0n) is 41.8. The molecule has 2 unspecified atom stereocenters. The van der Waals surface area contributed by atoms with Crippen molar-refractivity contribution in [3.05, 3.63) is 116 Å². The van der Waals surface area contributed by atoms with Gasteiger partial charge in [0.1, 0.15) is 47.3 Å². The van der Waals surface area contributed by atoms with E-state index in [0.717, 1.165) is 53.6 Å². The first kappa shape index (κ1) is 66.6. The summed E-state index contributed by atoms with van der Waals surface area (Å²) in [6.07, 6.45) is -4.38. The standard InChI is InChI=1S/C19H15ClF3NO7.C14H20ClNO2.C11H13Cl2NO3.C3H8NO5P/c1-3-29-17(25)10(2)30-18(26)13-9-12(5-6-15(13)24(27)28)31-16-7-4-11(8-14(16)20)19(21,22)23;1-4-12-8-6-7-11(3)14(12)16(10-18-5-2)13(17)9-15;1-11(2)14(10(15)9(12)13)6-8(17-11)7-4-3-5-16-7;5-3(6)1-4-2-10(7,8)9/h4-10H,3H2,1-2H3;6-8H,4-5,9-10H2,1-3H3;3-5,8-9H,6H2,1-2H3;4H,1-2H2,(H,5,6)(H2,7,8,9). The Morgan fingerprint density at radius 1 is 1.03 bits per heavy atom. The van der Waals surface area contributed by atoms with Crippen LogP contribution >= 0.6 is 54.0 Å². The predicted molar refractivity (Wildman–Crippen MR) is 273 cm³/mol. The number of alkyl halides is 6. The lowest BCUT2D eigenvalue weighted by molar-refractivity contribution is -0.385. The average molecular weight is 1180 g/mol. The minimum atomic E-state index is -4.61. The van der Waals surface area contributed by atoms with Gasteiger partial charge in [-0.2, -0.15) is 13.2 Å². The van der Waals surface area contributed by atoms with Crippen LogP contribution in [0.2, 0.25) is 5.02 Å². The SMILES string of the molecule is CC1(C)OC(c2ccco2)CN1C(=O)C(Cl)Cl.CCOC(=O)C(C)OC(=O)c1cc(Oc2ccc(C(F)(F)F)cc2Cl)ccc1[N+](=O)[O-].CCOCN(C(=O)CCl)c1c(C)cccc1CC.O=C(O)CNCP(=O)(O)O. The molecule has 0 saturated carbocycles. The second-order valence-corrected chi connectivity index (χ2v) is 19.4. The molecule has 76 heavy (non-hydrogen) atoms. The number of furan rings is 1. The number of carbonyl (C=O) groups is 5. The maximum Gasteiger partial charge on any atom is 0.416 e. The number of esters is 2. The van der Waals surface area contributed by atoms with Crippen molar-refractivity contribution in [1.82, 2.24) is 10.2 Å². The maximum atomic E-state index is 12.8. The van der Waals surface area contributed by atoms with Crippen LogP contribution in [0.25, 0.3) is 0 Å². The molecule has 0 radical (unpaired) electrons. The molecule has 4 N–H and O–H groups in total. The topological polar surface area (TPSA) is 284 Å². The number of aryl methyl sites for hydroxylation is 2. The Morgan fingerprint density at radius 2 is 1.70 bits per heavy atom. The molecule has 0 aliphatic carbocycles. The van der Waals surface area contributed by atoms with Crippen LogP contribution in [0, 0.1) is 17.0 Å². The number of carboxylic acids is 1. The number of para-hydroxylation sites is 1. The van der Waals surface area contributed by atoms with Crippen molar-refractivity contribution in [2.75, 3.05) is 50.1 Å². The van der Waals surface area contributed by atoms with E-state index in [2.05, 4.69) is 12.2 Å². The van der Waals surface area contributed by atoms with E-state index in [0.29, 0.717) is 25.0 Å². The molecular formula is C47H56Cl4F3N4O17P. The summed E-state index contributed by atoms with van der Waals surface area (Å²) in [5.74, 6) is -3.33. The van der Waals surface area contributed by atoms with Crippen molar-refractivity contribution in [3.8, 4) is 11.5 Å². The lowest BCUT2D eigenvalue weighted by atomic mass is 10.0. The smallest absolute Gasteiger partial charge is 0.416 e. The van der Waals surface area contributed by atoms with Gasteiger partial charge in [-0.25, -0.2) is 9.59 Å². The number of nitro groups is 1. The highest BCUT2D eigenvalue weighted by molar-refractivity contribution is 7.51. The molecule has 21 nitrogen and oxygen atoms in total. The Balaban J connectivity index is 0.000000375. The summed E-state index contributed by atoms with van der Waals surface area (Å²) in [5.41, 5.74) is 0.218. The minimum absolute atomic E-state index is 0.0371. The number of nitro benzene ring substituents is 1. The molecule has 2 atom stereocenters. The first-order valence-corrected chi connectivity index (χ1v) is 26.0. The molecule has 3 aromatic carbocycles. The fourth-order valence-electron chi connectivity index (χ4n) is 6.47. The molecule has 1 aromatic heterocycles. The summed E-state index contributed by atoms with van der Waals surface area (Å²) in [4.78, 5) is 86.4. The summed E-state index contributed by atoms with van der Waals surface area (Å²) in [6, 6.07) is 15.0. The van der Waals surface area contributed by atoms with Gasteiger partial charge in [0.05, 0.1) is 53.4 Å². The van der Waals surface area contributed by atoms with Gasteiger partial charge in [0.2, 0.25) is 5.91 Å². The van der Waals surface area contributed by atoms with Gasteiger partial charge in [-0.05, 0) is 95.5 Å². The Labute approximate surface area is 454 Å². The van der Waals surface area contributed by atoms with Crippen molar-refractivity contribution >= 4 is 95.1 Å². The van der Waals surface area contributed by atoms with Gasteiger partial charge < -0.3 is 47.9 Å². The molecular weight excluding hydrogens is 1120 g/mol. The highest BCUT2D eigenvalue weighted by atomic mass is 35.5. The molecule has 0 bridgehead atoms. The zero-order chi connectivity index (χ0) is 57.7. The fourth-order valence-corrected chi connectivity index (χ4v) is 7.47. The zero-order valence-corrected chi connectivity index (χ0v) is 45.7. The number of nitrogens with one attached hydrogen (secondary N) is 1. The number of nitrogens with zero attached hydrogens (tertiary/aromatic N) is 3. The number of hydrogen-bond donors (Lipinski definition) is 4. The van der Waals surface area contributed by atoms with Crippen molar-refractivity contribution in [2.45, 2.75) is 83.8 Å². The largest absolute Gasteiger partial charge is 0.480 e. The Hall–Kier alpha value is -5.53. The first-order valence-electron chi connectivity index (χ1n) is 22.4. The molecule has 1 aliphatic heterocycles. The molecule has 2 amide bonds. The Bertz CT molecular complexity index is 2640. The van der Waals surface area contributed by atoms with Crippen molar-refractivity contribution in [1.29, 1.82) is 0 Å². The lowest BCUT2D eigenvalue weighted by Crippen LogP contribution is -2.45. The maximum absolute atomic E-state index is 12.8. The second kappa shape index (κ2) is 31.0. The van der Waals surface area contributed by atoms with Crippen LogP contribution in [0.4, 0.5) is 24.5 Å². The van der Waals surface area contributed by atoms with Crippen LogP contribution in [0.1, 0.15) is 80.5 Å². The van der Waals surface area contributed by atoms with E-state index in [1.54, 1.807) is 38.0 Å². The van der Waals surface area contributed by atoms with E-state index in [9.17, 15) is 51.8 Å². The number of carbonyl (C=O) groups excluding carboxylic acids is 4. The number of hydrogen-bond acceptors (Lipinski definition) is 15. The summed E-state index contributed by atoms with van der Waals surface area (Å²) in [5, 5.41) is 20.9. The number of rotatable bonds is 19. The van der Waals surface area contributed by atoms with Crippen LogP contribution in [-0.2, 0) is 55.3 Å². The van der Waals surface area contributed by atoms with Gasteiger partial charge in [-0.15, -0.1) is 11.6 Å². The van der Waals surface area contributed by atoms with Crippen LogP contribution in [0.15, 0.2) is 77.4 Å². The second-order valence-electron chi connectivity index (χ2n) is 16.0. The molecule has 2 heterocycles.